The molecule has 0 radical (unpaired) electrons. The van der Waals surface area contributed by atoms with Crippen LogP contribution in [0.1, 0.15) is 48.7 Å². The molecular weight excluding hydrogens is 326 g/mol. The lowest BCUT2D eigenvalue weighted by molar-refractivity contribution is 0.132. The van der Waals surface area contributed by atoms with Crippen molar-refractivity contribution in [3.05, 3.63) is 47.3 Å². The molecule has 2 heterocycles. The molecule has 3 rings (SSSR count). The number of ether oxygens (including phenoxy) is 1. The van der Waals surface area contributed by atoms with E-state index in [-0.39, 0.29) is 0 Å². The minimum Gasteiger partial charge on any atom is -0.493 e. The fourth-order valence-corrected chi connectivity index (χ4v) is 3.61. The van der Waals surface area contributed by atoms with Crippen LogP contribution >= 0.6 is 0 Å². The van der Waals surface area contributed by atoms with Gasteiger partial charge in [0.25, 0.3) is 0 Å². The minimum absolute atomic E-state index is 0.336. The number of aryl methyl sites for hydroxylation is 1. The third kappa shape index (κ3) is 5.08. The number of para-hydroxylation sites is 1. The number of hydrogen-bond donors (Lipinski definition) is 0. The van der Waals surface area contributed by atoms with Gasteiger partial charge in [0.15, 0.2) is 0 Å². The SMILES string of the molecule is Cc1cc(C2CCCCN2Cc2ccccc2OCCCN(C)C)no1. The molecule has 1 fully saturated rings. The highest BCUT2D eigenvalue weighted by molar-refractivity contribution is 5.33. The fraction of sp³-hybridized carbons (Fsp3) is 0.571. The Morgan fingerprint density at radius 1 is 1.27 bits per heavy atom. The smallest absolute Gasteiger partial charge is 0.133 e. The zero-order valence-electron chi connectivity index (χ0n) is 16.3. The first-order valence-electron chi connectivity index (χ1n) is 9.66. The quantitative estimate of drug-likeness (QED) is 0.667. The second-order valence-corrected chi connectivity index (χ2v) is 7.46. The van der Waals surface area contributed by atoms with Crippen molar-refractivity contribution < 1.29 is 9.26 Å². The molecule has 1 aromatic carbocycles. The Morgan fingerprint density at radius 3 is 2.88 bits per heavy atom. The van der Waals surface area contributed by atoms with Crippen molar-refractivity contribution in [2.75, 3.05) is 33.8 Å². The van der Waals surface area contributed by atoms with Crippen LogP contribution < -0.4 is 4.74 Å². The van der Waals surface area contributed by atoms with E-state index < -0.39 is 0 Å². The molecule has 0 aliphatic carbocycles. The summed E-state index contributed by atoms with van der Waals surface area (Å²) >= 11 is 0. The Kier molecular flexibility index (Phi) is 6.69. The van der Waals surface area contributed by atoms with Gasteiger partial charge in [0.1, 0.15) is 17.2 Å². The average Bonchev–Trinajstić information content (AvgIpc) is 3.06. The fourth-order valence-electron chi connectivity index (χ4n) is 3.61. The molecule has 0 bridgehead atoms. The monoisotopic (exact) mass is 357 g/mol. The third-order valence-corrected chi connectivity index (χ3v) is 4.95. The summed E-state index contributed by atoms with van der Waals surface area (Å²) in [6, 6.07) is 10.8. The van der Waals surface area contributed by atoms with Crippen LogP contribution in [-0.2, 0) is 6.54 Å². The van der Waals surface area contributed by atoms with E-state index in [0.29, 0.717) is 6.04 Å². The van der Waals surface area contributed by atoms with E-state index in [1.807, 2.05) is 6.92 Å². The van der Waals surface area contributed by atoms with Crippen molar-refractivity contribution in [2.24, 2.45) is 0 Å². The summed E-state index contributed by atoms with van der Waals surface area (Å²) in [6.07, 6.45) is 4.65. The Hall–Kier alpha value is -1.85. The van der Waals surface area contributed by atoms with Gasteiger partial charge in [0.05, 0.1) is 12.6 Å². The first-order chi connectivity index (χ1) is 12.6. The first-order valence-corrected chi connectivity index (χ1v) is 9.66. The standard InChI is InChI=1S/C21H31N3O2/c1-17-15-19(22-26-17)20-10-6-7-13-24(20)16-18-9-4-5-11-21(18)25-14-8-12-23(2)3/h4-5,9,11,15,20H,6-8,10,12-14,16H2,1-3H3. The topological polar surface area (TPSA) is 41.7 Å². The molecule has 0 amide bonds. The summed E-state index contributed by atoms with van der Waals surface area (Å²) in [4.78, 5) is 4.70. The number of likely N-dealkylation sites (tertiary alicyclic amines) is 1. The van der Waals surface area contributed by atoms with E-state index in [9.17, 15) is 0 Å². The molecule has 1 aromatic heterocycles. The zero-order chi connectivity index (χ0) is 18.4. The largest absolute Gasteiger partial charge is 0.493 e. The average molecular weight is 357 g/mol. The molecular formula is C21H31N3O2. The van der Waals surface area contributed by atoms with Gasteiger partial charge in [0, 0.05) is 24.7 Å². The van der Waals surface area contributed by atoms with Crippen LogP contribution in [0.25, 0.3) is 0 Å². The highest BCUT2D eigenvalue weighted by atomic mass is 16.5. The van der Waals surface area contributed by atoms with Crippen molar-refractivity contribution in [3.8, 4) is 5.75 Å². The lowest BCUT2D eigenvalue weighted by Crippen LogP contribution is -2.33. The number of rotatable bonds is 8. The molecule has 2 aromatic rings. The summed E-state index contributed by atoms with van der Waals surface area (Å²) in [5.74, 6) is 1.89. The van der Waals surface area contributed by atoms with E-state index in [2.05, 4.69) is 59.4 Å². The minimum atomic E-state index is 0.336. The lowest BCUT2D eigenvalue weighted by Gasteiger charge is -2.34. The normalized spacial score (nSPS) is 18.4. The number of hydrogen-bond acceptors (Lipinski definition) is 5. The van der Waals surface area contributed by atoms with Gasteiger partial charge in [-0.05, 0) is 52.9 Å². The van der Waals surface area contributed by atoms with E-state index in [4.69, 9.17) is 9.26 Å². The second-order valence-electron chi connectivity index (χ2n) is 7.46. The van der Waals surface area contributed by atoms with Crippen molar-refractivity contribution in [2.45, 2.75) is 45.2 Å². The van der Waals surface area contributed by atoms with Crippen LogP contribution in [0.3, 0.4) is 0 Å². The van der Waals surface area contributed by atoms with Crippen molar-refractivity contribution in [1.29, 1.82) is 0 Å². The van der Waals surface area contributed by atoms with Crippen LogP contribution in [0.15, 0.2) is 34.9 Å². The van der Waals surface area contributed by atoms with Gasteiger partial charge in [-0.25, -0.2) is 0 Å². The van der Waals surface area contributed by atoms with Crippen LogP contribution in [0.5, 0.6) is 5.75 Å². The molecule has 0 N–H and O–H groups in total. The van der Waals surface area contributed by atoms with Crippen LogP contribution in [0.2, 0.25) is 0 Å². The predicted molar refractivity (Wildman–Crippen MR) is 103 cm³/mol. The Bertz CT molecular complexity index is 683. The van der Waals surface area contributed by atoms with E-state index in [1.165, 1.54) is 18.4 Å². The Balaban J connectivity index is 1.66. The van der Waals surface area contributed by atoms with Crippen molar-refractivity contribution in [1.82, 2.24) is 15.0 Å². The number of aromatic nitrogens is 1. The van der Waals surface area contributed by atoms with Crippen LogP contribution in [0.4, 0.5) is 0 Å². The molecule has 0 saturated carbocycles. The second kappa shape index (κ2) is 9.19. The van der Waals surface area contributed by atoms with Gasteiger partial charge < -0.3 is 14.2 Å². The van der Waals surface area contributed by atoms with E-state index in [1.54, 1.807) is 0 Å². The Morgan fingerprint density at radius 2 is 2.12 bits per heavy atom. The predicted octanol–water partition coefficient (Wildman–Crippen LogP) is 4.04. The van der Waals surface area contributed by atoms with Crippen molar-refractivity contribution in [3.63, 3.8) is 0 Å². The molecule has 1 unspecified atom stereocenters. The van der Waals surface area contributed by atoms with Crippen LogP contribution in [0, 0.1) is 6.92 Å². The highest BCUT2D eigenvalue weighted by Gasteiger charge is 2.27. The molecule has 0 spiro atoms. The third-order valence-electron chi connectivity index (χ3n) is 4.95. The first kappa shape index (κ1) is 18.9. The highest BCUT2D eigenvalue weighted by Crippen LogP contribution is 2.33. The summed E-state index contributed by atoms with van der Waals surface area (Å²) in [5, 5.41) is 4.28. The molecule has 1 saturated heterocycles. The van der Waals surface area contributed by atoms with Crippen LogP contribution in [-0.4, -0.2) is 48.7 Å². The maximum Gasteiger partial charge on any atom is 0.133 e. The number of piperidine rings is 1. The molecule has 5 nitrogen and oxygen atoms in total. The maximum absolute atomic E-state index is 6.09. The molecule has 1 atom stereocenters. The summed E-state index contributed by atoms with van der Waals surface area (Å²) in [5.41, 5.74) is 2.32. The summed E-state index contributed by atoms with van der Waals surface area (Å²) < 4.78 is 11.4. The molecule has 1 aliphatic heterocycles. The van der Waals surface area contributed by atoms with Gasteiger partial charge in [-0.15, -0.1) is 0 Å². The van der Waals surface area contributed by atoms with Gasteiger partial charge in [-0.3, -0.25) is 4.90 Å². The van der Waals surface area contributed by atoms with Gasteiger partial charge in [-0.1, -0.05) is 29.8 Å². The Labute approximate surface area is 156 Å². The lowest BCUT2D eigenvalue weighted by atomic mass is 9.98. The maximum atomic E-state index is 6.09. The van der Waals surface area contributed by atoms with Crippen molar-refractivity contribution >= 4 is 0 Å². The zero-order valence-corrected chi connectivity index (χ0v) is 16.3. The van der Waals surface area contributed by atoms with E-state index >= 15 is 0 Å². The molecule has 142 valence electrons. The van der Waals surface area contributed by atoms with Gasteiger partial charge in [-0.2, -0.15) is 0 Å². The van der Waals surface area contributed by atoms with Gasteiger partial charge in [0.2, 0.25) is 0 Å². The number of benzene rings is 1. The number of nitrogens with zero attached hydrogens (tertiary/aromatic N) is 3. The van der Waals surface area contributed by atoms with Gasteiger partial charge >= 0.3 is 0 Å². The molecule has 1 aliphatic rings. The summed E-state index contributed by atoms with van der Waals surface area (Å²) in [6.45, 7) is 5.73. The van der Waals surface area contributed by atoms with E-state index in [0.717, 1.165) is 56.3 Å². The molecule has 26 heavy (non-hydrogen) atoms. The summed E-state index contributed by atoms with van der Waals surface area (Å²) in [7, 11) is 4.19. The molecule has 5 heteroatoms.